The third-order valence-electron chi connectivity index (χ3n) is 4.20. The van der Waals surface area contributed by atoms with Gasteiger partial charge in [-0.1, -0.05) is 23.7 Å². The Morgan fingerprint density at radius 3 is 2.75 bits per heavy atom. The Labute approximate surface area is 167 Å². The molecule has 1 atom stereocenters. The number of aromatic nitrogens is 1. The van der Waals surface area contributed by atoms with Gasteiger partial charge in [-0.15, -0.1) is 0 Å². The molecule has 2 aromatic rings. The van der Waals surface area contributed by atoms with Crippen molar-refractivity contribution in [3.05, 3.63) is 63.9 Å². The van der Waals surface area contributed by atoms with Crippen molar-refractivity contribution in [2.75, 3.05) is 12.4 Å². The van der Waals surface area contributed by atoms with E-state index in [1.165, 1.54) is 13.2 Å². The van der Waals surface area contributed by atoms with Gasteiger partial charge in [0.15, 0.2) is 0 Å². The van der Waals surface area contributed by atoms with Crippen molar-refractivity contribution in [2.45, 2.75) is 32.8 Å². The molecular weight excluding hydrogens is 387 g/mol. The summed E-state index contributed by atoms with van der Waals surface area (Å²) in [4.78, 5) is 16.2. The van der Waals surface area contributed by atoms with Crippen LogP contribution in [0, 0.1) is 5.82 Å². The Bertz CT molecular complexity index is 946. The van der Waals surface area contributed by atoms with E-state index in [0.29, 0.717) is 22.8 Å². The largest absolute Gasteiger partial charge is 0.513 e. The van der Waals surface area contributed by atoms with Gasteiger partial charge in [-0.05, 0) is 32.9 Å². The first-order chi connectivity index (χ1) is 13.3. The molecule has 0 fully saturated rings. The number of hydrogen-bond acceptors (Lipinski definition) is 6. The highest BCUT2D eigenvalue weighted by Crippen LogP contribution is 2.47. The lowest BCUT2D eigenvalue weighted by atomic mass is 9.85. The average molecular weight is 407 g/mol. The minimum absolute atomic E-state index is 0.0390. The van der Waals surface area contributed by atoms with Crippen LogP contribution in [-0.2, 0) is 9.47 Å². The van der Waals surface area contributed by atoms with Gasteiger partial charge < -0.3 is 19.5 Å². The molecule has 0 radical (unpaired) electrons. The summed E-state index contributed by atoms with van der Waals surface area (Å²) in [6.07, 6.45) is 0.511. The van der Waals surface area contributed by atoms with Gasteiger partial charge in [-0.25, -0.2) is 14.2 Å². The minimum atomic E-state index is -0.915. The van der Waals surface area contributed by atoms with Crippen LogP contribution in [0.2, 0.25) is 5.02 Å². The maximum atomic E-state index is 15.0. The number of pyridine rings is 1. The van der Waals surface area contributed by atoms with Crippen molar-refractivity contribution in [1.29, 1.82) is 0 Å². The zero-order valence-electron chi connectivity index (χ0n) is 15.9. The number of carbonyl (C=O) groups is 1. The normalized spacial score (nSPS) is 15.8. The number of hydrogen-bond donors (Lipinski definition) is 1. The van der Waals surface area contributed by atoms with Gasteiger partial charge in [0, 0.05) is 17.4 Å². The predicted molar refractivity (Wildman–Crippen MR) is 103 cm³/mol. The quantitative estimate of drug-likeness (QED) is 0.701. The summed E-state index contributed by atoms with van der Waals surface area (Å²) in [5, 5.41) is 3.12. The highest BCUT2D eigenvalue weighted by atomic mass is 35.5. The fraction of sp³-hybridized carbons (Fsp3) is 0.300. The smallest absolute Gasteiger partial charge is 0.475 e. The lowest BCUT2D eigenvalue weighted by Gasteiger charge is -2.31. The molecule has 3 rings (SSSR count). The number of halogens is 2. The molecule has 8 heteroatoms. The van der Waals surface area contributed by atoms with Crippen LogP contribution >= 0.6 is 11.6 Å². The van der Waals surface area contributed by atoms with Crippen LogP contribution in [0.1, 0.15) is 37.8 Å². The molecule has 0 saturated heterocycles. The number of methoxy groups -OCH3 is 1. The number of anilines is 1. The number of ether oxygens (including phenoxy) is 3. The molecule has 1 N–H and O–H groups in total. The molecule has 1 unspecified atom stereocenters. The van der Waals surface area contributed by atoms with Gasteiger partial charge in [0.05, 0.1) is 35.4 Å². The Morgan fingerprint density at radius 2 is 2.07 bits per heavy atom. The SMILES string of the molecule is COC(=O)OC1=C(C)Nc2ccnc(OC(C)C)c2C1c1cccc(Cl)c1F. The molecule has 0 saturated carbocycles. The molecule has 148 valence electrons. The van der Waals surface area contributed by atoms with E-state index in [2.05, 4.69) is 15.0 Å². The van der Waals surface area contributed by atoms with E-state index < -0.39 is 17.9 Å². The third kappa shape index (κ3) is 3.75. The molecule has 6 nitrogen and oxygen atoms in total. The van der Waals surface area contributed by atoms with Crippen LogP contribution in [-0.4, -0.2) is 24.4 Å². The van der Waals surface area contributed by atoms with Crippen molar-refractivity contribution < 1.29 is 23.4 Å². The second-order valence-electron chi connectivity index (χ2n) is 6.49. The molecule has 1 aromatic carbocycles. The number of benzene rings is 1. The highest BCUT2D eigenvalue weighted by Gasteiger charge is 2.36. The molecule has 0 bridgehead atoms. The summed E-state index contributed by atoms with van der Waals surface area (Å²) in [6, 6.07) is 6.42. The number of carbonyl (C=O) groups excluding carboxylic acids is 1. The van der Waals surface area contributed by atoms with E-state index in [1.54, 1.807) is 31.3 Å². The molecule has 0 aliphatic carbocycles. The van der Waals surface area contributed by atoms with Gasteiger partial charge in [-0.3, -0.25) is 0 Å². The maximum Gasteiger partial charge on any atom is 0.513 e. The molecule has 1 aliphatic heterocycles. The second-order valence-corrected chi connectivity index (χ2v) is 6.90. The van der Waals surface area contributed by atoms with Gasteiger partial charge in [0.25, 0.3) is 0 Å². The number of allylic oxidation sites excluding steroid dienone is 2. The summed E-state index contributed by atoms with van der Waals surface area (Å²) in [7, 11) is 1.20. The van der Waals surface area contributed by atoms with E-state index >= 15 is 0 Å². The summed E-state index contributed by atoms with van der Waals surface area (Å²) >= 11 is 6.02. The molecule has 2 heterocycles. The van der Waals surface area contributed by atoms with Crippen LogP contribution in [0.15, 0.2) is 41.9 Å². The van der Waals surface area contributed by atoms with Crippen molar-refractivity contribution in [1.82, 2.24) is 4.98 Å². The Hall–Kier alpha value is -2.80. The maximum absolute atomic E-state index is 15.0. The van der Waals surface area contributed by atoms with Gasteiger partial charge in [-0.2, -0.15) is 0 Å². The second kappa shape index (κ2) is 8.06. The van der Waals surface area contributed by atoms with Crippen LogP contribution in [0.25, 0.3) is 0 Å². The zero-order chi connectivity index (χ0) is 20.4. The van der Waals surface area contributed by atoms with E-state index in [4.69, 9.17) is 21.1 Å². The average Bonchev–Trinajstić information content (AvgIpc) is 2.64. The summed E-state index contributed by atoms with van der Waals surface area (Å²) in [6.45, 7) is 5.44. The molecule has 0 amide bonds. The van der Waals surface area contributed by atoms with E-state index in [-0.39, 0.29) is 22.4 Å². The molecule has 28 heavy (non-hydrogen) atoms. The van der Waals surface area contributed by atoms with Crippen LogP contribution in [0.5, 0.6) is 5.88 Å². The lowest BCUT2D eigenvalue weighted by molar-refractivity contribution is 0.0925. The summed E-state index contributed by atoms with van der Waals surface area (Å²) in [5.74, 6) is -0.929. The Kier molecular flexibility index (Phi) is 5.74. The van der Waals surface area contributed by atoms with Crippen molar-refractivity contribution in [2.24, 2.45) is 0 Å². The zero-order valence-corrected chi connectivity index (χ0v) is 16.6. The molecule has 1 aliphatic rings. The topological polar surface area (TPSA) is 69.7 Å². The van der Waals surface area contributed by atoms with E-state index in [0.717, 1.165) is 0 Å². The lowest BCUT2D eigenvalue weighted by Crippen LogP contribution is -2.24. The van der Waals surface area contributed by atoms with Crippen molar-refractivity contribution >= 4 is 23.4 Å². The highest BCUT2D eigenvalue weighted by molar-refractivity contribution is 6.30. The van der Waals surface area contributed by atoms with Gasteiger partial charge in [0.1, 0.15) is 11.6 Å². The minimum Gasteiger partial charge on any atom is -0.475 e. The first-order valence-corrected chi connectivity index (χ1v) is 9.04. The monoisotopic (exact) mass is 406 g/mol. The summed E-state index contributed by atoms with van der Waals surface area (Å²) < 4.78 is 30.9. The van der Waals surface area contributed by atoms with Gasteiger partial charge in [0.2, 0.25) is 5.88 Å². The Balaban J connectivity index is 2.26. The number of nitrogens with zero attached hydrogens (tertiary/aromatic N) is 1. The first kappa shape index (κ1) is 19.9. The van der Waals surface area contributed by atoms with Gasteiger partial charge >= 0.3 is 6.16 Å². The van der Waals surface area contributed by atoms with Crippen LogP contribution in [0.3, 0.4) is 0 Å². The fourth-order valence-electron chi connectivity index (χ4n) is 3.08. The fourth-order valence-corrected chi connectivity index (χ4v) is 3.26. The van der Waals surface area contributed by atoms with E-state index in [1.807, 2.05) is 13.8 Å². The van der Waals surface area contributed by atoms with Crippen LogP contribution in [0.4, 0.5) is 14.9 Å². The molecular formula is C20H20ClFN2O4. The standard InChI is InChI=1S/C20H20ClFN2O4/c1-10(2)27-19-16-14(8-9-23-19)24-11(3)18(28-20(25)26-4)15(16)12-6-5-7-13(21)17(12)22/h5-10,15,24H,1-4H3. The van der Waals surface area contributed by atoms with Crippen molar-refractivity contribution in [3.63, 3.8) is 0 Å². The van der Waals surface area contributed by atoms with Crippen LogP contribution < -0.4 is 10.1 Å². The summed E-state index contributed by atoms with van der Waals surface area (Å²) in [5.41, 5.74) is 1.98. The van der Waals surface area contributed by atoms with E-state index in [9.17, 15) is 9.18 Å². The molecule has 0 spiro atoms. The Morgan fingerprint density at radius 1 is 1.32 bits per heavy atom. The van der Waals surface area contributed by atoms with Crippen molar-refractivity contribution in [3.8, 4) is 5.88 Å². The third-order valence-corrected chi connectivity index (χ3v) is 4.49. The first-order valence-electron chi connectivity index (χ1n) is 8.66. The number of nitrogens with one attached hydrogen (secondary N) is 1. The molecule has 1 aromatic heterocycles. The number of fused-ring (bicyclic) bond motifs is 1. The number of rotatable bonds is 4. The predicted octanol–water partition coefficient (Wildman–Crippen LogP) is 5.23.